The second-order valence-electron chi connectivity index (χ2n) is 5.53. The van der Waals surface area contributed by atoms with Gasteiger partial charge in [-0.3, -0.25) is 4.21 Å². The maximum absolute atomic E-state index is 11.6. The molecule has 1 fully saturated rings. The highest BCUT2D eigenvalue weighted by Gasteiger charge is 2.25. The number of nitrogens with zero attached hydrogens (tertiary/aromatic N) is 2. The number of benzene rings is 1. The summed E-state index contributed by atoms with van der Waals surface area (Å²) in [6.45, 7) is 4.04. The minimum absolute atomic E-state index is 0.116. The lowest BCUT2D eigenvalue weighted by Gasteiger charge is -2.25. The zero-order valence-electron chi connectivity index (χ0n) is 11.8. The lowest BCUT2D eigenvalue weighted by Crippen LogP contribution is -2.23. The molecule has 1 aromatic carbocycles. The molecule has 5 heteroatoms. The van der Waals surface area contributed by atoms with E-state index in [9.17, 15) is 4.21 Å². The number of halogens is 1. The summed E-state index contributed by atoms with van der Waals surface area (Å²) in [6.07, 6.45) is 1.89. The zero-order chi connectivity index (χ0) is 14.3. The molecule has 20 heavy (non-hydrogen) atoms. The van der Waals surface area contributed by atoms with Crippen LogP contribution in [0.5, 0.6) is 0 Å². The van der Waals surface area contributed by atoms with Crippen molar-refractivity contribution in [1.29, 1.82) is 0 Å². The van der Waals surface area contributed by atoms with Gasteiger partial charge in [0.15, 0.2) is 0 Å². The van der Waals surface area contributed by atoms with E-state index in [1.54, 1.807) is 0 Å². The summed E-state index contributed by atoms with van der Waals surface area (Å²) in [4.78, 5) is 4.72. The highest BCUT2D eigenvalue weighted by molar-refractivity contribution is 7.85. The molecule has 0 amide bonds. The zero-order valence-corrected chi connectivity index (χ0v) is 13.4. The Bertz CT molecular complexity index is 655. The van der Waals surface area contributed by atoms with Crippen molar-refractivity contribution in [2.24, 2.45) is 0 Å². The number of rotatable bonds is 2. The number of alkyl halides is 1. The number of imidazole rings is 1. The number of hydrogen-bond acceptors (Lipinski definition) is 2. The molecule has 0 N–H and O–H groups in total. The first kappa shape index (κ1) is 14.1. The first-order valence-corrected chi connectivity index (χ1v) is 8.96. The molecule has 0 aliphatic carbocycles. The van der Waals surface area contributed by atoms with Crippen molar-refractivity contribution in [2.45, 2.75) is 38.1 Å². The average molecular weight is 311 g/mol. The van der Waals surface area contributed by atoms with Crippen LogP contribution in [0.25, 0.3) is 11.0 Å². The molecule has 0 saturated carbocycles. The third-order valence-corrected chi connectivity index (χ3v) is 5.53. The van der Waals surface area contributed by atoms with Crippen molar-refractivity contribution in [3.05, 3.63) is 29.6 Å². The highest BCUT2D eigenvalue weighted by Crippen LogP contribution is 2.33. The standard InChI is InChI=1S/C15H19ClN2OS/c1-10-3-4-14-13(9-10)17-15(11(2)16)18(14)12-5-7-20(19)8-6-12/h3-4,9,11-12H,5-8H2,1-2H3. The molecule has 1 unspecified atom stereocenters. The van der Waals surface area contributed by atoms with Crippen LogP contribution >= 0.6 is 11.6 Å². The number of aromatic nitrogens is 2. The predicted molar refractivity (Wildman–Crippen MR) is 84.9 cm³/mol. The van der Waals surface area contributed by atoms with Gasteiger partial charge in [-0.15, -0.1) is 11.6 Å². The first-order chi connectivity index (χ1) is 9.56. The lowest BCUT2D eigenvalue weighted by molar-refractivity contribution is 0.457. The minimum atomic E-state index is -0.644. The van der Waals surface area contributed by atoms with Crippen LogP contribution in [0.4, 0.5) is 0 Å². The summed E-state index contributed by atoms with van der Waals surface area (Å²) in [5, 5.41) is -0.116. The van der Waals surface area contributed by atoms with Crippen molar-refractivity contribution in [3.8, 4) is 0 Å². The Morgan fingerprint density at radius 3 is 2.75 bits per heavy atom. The summed E-state index contributed by atoms with van der Waals surface area (Å²) in [7, 11) is -0.644. The van der Waals surface area contributed by atoms with Gasteiger partial charge in [0, 0.05) is 28.3 Å². The fourth-order valence-electron chi connectivity index (χ4n) is 2.93. The fourth-order valence-corrected chi connectivity index (χ4v) is 4.36. The van der Waals surface area contributed by atoms with Gasteiger partial charge in [0.25, 0.3) is 0 Å². The van der Waals surface area contributed by atoms with E-state index in [1.165, 1.54) is 5.56 Å². The molecule has 3 rings (SSSR count). The van der Waals surface area contributed by atoms with Crippen LogP contribution in [0, 0.1) is 6.92 Å². The molecule has 1 saturated heterocycles. The van der Waals surface area contributed by atoms with E-state index in [0.717, 1.165) is 41.2 Å². The molecule has 1 aliphatic heterocycles. The number of fused-ring (bicyclic) bond motifs is 1. The van der Waals surface area contributed by atoms with Crippen LogP contribution in [-0.4, -0.2) is 25.3 Å². The van der Waals surface area contributed by atoms with E-state index in [-0.39, 0.29) is 5.38 Å². The van der Waals surface area contributed by atoms with Gasteiger partial charge in [-0.1, -0.05) is 6.07 Å². The third-order valence-electron chi connectivity index (χ3n) is 3.95. The van der Waals surface area contributed by atoms with Gasteiger partial charge in [0.1, 0.15) is 5.82 Å². The maximum atomic E-state index is 11.6. The van der Waals surface area contributed by atoms with Crippen LogP contribution < -0.4 is 0 Å². The minimum Gasteiger partial charge on any atom is -0.324 e. The Kier molecular flexibility index (Phi) is 3.87. The van der Waals surface area contributed by atoms with Gasteiger partial charge in [0.05, 0.1) is 16.4 Å². The molecule has 1 aromatic heterocycles. The summed E-state index contributed by atoms with van der Waals surface area (Å²) in [6, 6.07) is 6.72. The predicted octanol–water partition coefficient (Wildman–Crippen LogP) is 3.73. The first-order valence-electron chi connectivity index (χ1n) is 7.04. The van der Waals surface area contributed by atoms with Crippen molar-refractivity contribution in [2.75, 3.05) is 11.5 Å². The third kappa shape index (κ3) is 2.51. The Morgan fingerprint density at radius 2 is 2.10 bits per heavy atom. The summed E-state index contributed by atoms with van der Waals surface area (Å²) in [5.41, 5.74) is 3.37. The smallest absolute Gasteiger partial charge is 0.127 e. The van der Waals surface area contributed by atoms with Crippen LogP contribution in [-0.2, 0) is 10.8 Å². The Labute approximate surface area is 126 Å². The van der Waals surface area contributed by atoms with Crippen molar-refractivity contribution in [3.63, 3.8) is 0 Å². The summed E-state index contributed by atoms with van der Waals surface area (Å²) in [5.74, 6) is 2.50. The summed E-state index contributed by atoms with van der Waals surface area (Å²) >= 11 is 6.32. The number of hydrogen-bond donors (Lipinski definition) is 0. The van der Waals surface area contributed by atoms with E-state index in [0.29, 0.717) is 6.04 Å². The van der Waals surface area contributed by atoms with Gasteiger partial charge in [-0.05, 0) is 44.4 Å². The molecule has 0 bridgehead atoms. The quantitative estimate of drug-likeness (QED) is 0.792. The molecule has 2 aromatic rings. The van der Waals surface area contributed by atoms with Crippen molar-refractivity contribution in [1.82, 2.24) is 9.55 Å². The molecular weight excluding hydrogens is 292 g/mol. The van der Waals surface area contributed by atoms with Gasteiger partial charge in [0.2, 0.25) is 0 Å². The molecule has 108 valence electrons. The van der Waals surface area contributed by atoms with E-state index >= 15 is 0 Å². The van der Waals surface area contributed by atoms with Crippen molar-refractivity contribution >= 4 is 33.4 Å². The number of aryl methyl sites for hydroxylation is 1. The van der Waals surface area contributed by atoms with E-state index in [1.807, 2.05) is 6.92 Å². The topological polar surface area (TPSA) is 34.9 Å². The van der Waals surface area contributed by atoms with E-state index in [2.05, 4.69) is 29.7 Å². The molecule has 2 heterocycles. The highest BCUT2D eigenvalue weighted by atomic mass is 35.5. The second-order valence-corrected chi connectivity index (χ2v) is 7.88. The van der Waals surface area contributed by atoms with E-state index in [4.69, 9.17) is 16.6 Å². The molecule has 1 atom stereocenters. The van der Waals surface area contributed by atoms with Crippen LogP contribution in [0.1, 0.15) is 42.6 Å². The summed E-state index contributed by atoms with van der Waals surface area (Å²) < 4.78 is 13.8. The molecule has 1 aliphatic rings. The average Bonchev–Trinajstić information content (AvgIpc) is 2.78. The molecular formula is C15H19ClN2OS. The Balaban J connectivity index is 2.11. The van der Waals surface area contributed by atoms with Gasteiger partial charge in [-0.2, -0.15) is 0 Å². The second kappa shape index (κ2) is 5.49. The lowest BCUT2D eigenvalue weighted by atomic mass is 10.1. The van der Waals surface area contributed by atoms with Crippen LogP contribution in [0.3, 0.4) is 0 Å². The van der Waals surface area contributed by atoms with E-state index < -0.39 is 10.8 Å². The fraction of sp³-hybridized carbons (Fsp3) is 0.533. The molecule has 0 spiro atoms. The van der Waals surface area contributed by atoms with Gasteiger partial charge < -0.3 is 4.57 Å². The Morgan fingerprint density at radius 1 is 1.40 bits per heavy atom. The van der Waals surface area contributed by atoms with Gasteiger partial charge >= 0.3 is 0 Å². The molecule has 0 radical (unpaired) electrons. The normalized spacial score (nSPS) is 24.9. The van der Waals surface area contributed by atoms with Crippen LogP contribution in [0.15, 0.2) is 18.2 Å². The largest absolute Gasteiger partial charge is 0.324 e. The maximum Gasteiger partial charge on any atom is 0.127 e. The SMILES string of the molecule is Cc1ccc2c(c1)nc(C(C)Cl)n2C1CCS(=O)CC1. The van der Waals surface area contributed by atoms with Crippen molar-refractivity contribution < 1.29 is 4.21 Å². The Hall–Kier alpha value is -0.870. The monoisotopic (exact) mass is 310 g/mol. The van der Waals surface area contributed by atoms with Crippen LogP contribution in [0.2, 0.25) is 0 Å². The molecule has 3 nitrogen and oxygen atoms in total. The van der Waals surface area contributed by atoms with Gasteiger partial charge in [-0.25, -0.2) is 4.98 Å².